The van der Waals surface area contributed by atoms with Gasteiger partial charge in [-0.15, -0.1) is 0 Å². The molecule has 0 aliphatic heterocycles. The summed E-state index contributed by atoms with van der Waals surface area (Å²) in [6, 6.07) is 9.64. The first kappa shape index (κ1) is 14.4. The van der Waals surface area contributed by atoms with Gasteiger partial charge in [0.15, 0.2) is 11.6 Å². The molecule has 0 fully saturated rings. The lowest BCUT2D eigenvalue weighted by Gasteiger charge is -2.15. The quantitative estimate of drug-likeness (QED) is 0.805. The summed E-state index contributed by atoms with van der Waals surface area (Å²) in [5, 5.41) is 0. The van der Waals surface area contributed by atoms with Crippen LogP contribution in [-0.2, 0) is 6.42 Å². The van der Waals surface area contributed by atoms with E-state index in [1.165, 1.54) is 11.6 Å². The Morgan fingerprint density at radius 1 is 1.16 bits per heavy atom. The van der Waals surface area contributed by atoms with Crippen molar-refractivity contribution in [2.24, 2.45) is 5.73 Å². The minimum Gasteiger partial charge on any atom is -0.324 e. The highest BCUT2D eigenvalue weighted by atomic mass is 127. The van der Waals surface area contributed by atoms with Crippen molar-refractivity contribution in [1.29, 1.82) is 0 Å². The summed E-state index contributed by atoms with van der Waals surface area (Å²) in [6.07, 6.45) is 0.483. The Bertz CT molecular complexity index is 599. The van der Waals surface area contributed by atoms with Crippen molar-refractivity contribution in [1.82, 2.24) is 0 Å². The number of halogens is 3. The predicted molar refractivity (Wildman–Crippen MR) is 80.9 cm³/mol. The summed E-state index contributed by atoms with van der Waals surface area (Å²) in [5.41, 5.74) is 9.06. The summed E-state index contributed by atoms with van der Waals surface area (Å²) < 4.78 is 27.1. The van der Waals surface area contributed by atoms with Gasteiger partial charge in [0.2, 0.25) is 0 Å². The molecule has 0 saturated heterocycles. The van der Waals surface area contributed by atoms with Crippen LogP contribution in [0.4, 0.5) is 8.78 Å². The highest BCUT2D eigenvalue weighted by molar-refractivity contribution is 14.1. The van der Waals surface area contributed by atoms with Crippen molar-refractivity contribution in [3.63, 3.8) is 0 Å². The summed E-state index contributed by atoms with van der Waals surface area (Å²) in [7, 11) is 0. The number of nitrogens with two attached hydrogens (primary N) is 1. The van der Waals surface area contributed by atoms with Crippen molar-refractivity contribution in [3.8, 4) is 0 Å². The number of benzene rings is 2. The summed E-state index contributed by atoms with van der Waals surface area (Å²) in [4.78, 5) is 0. The average Bonchev–Trinajstić information content (AvgIpc) is 2.37. The zero-order valence-electron chi connectivity index (χ0n) is 10.5. The van der Waals surface area contributed by atoms with Crippen LogP contribution in [0.25, 0.3) is 0 Å². The van der Waals surface area contributed by atoms with Crippen molar-refractivity contribution in [2.75, 3.05) is 0 Å². The van der Waals surface area contributed by atoms with Crippen LogP contribution in [0.5, 0.6) is 0 Å². The Kier molecular flexibility index (Phi) is 4.52. The normalized spacial score (nSPS) is 12.5. The fourth-order valence-electron chi connectivity index (χ4n) is 1.99. The first-order valence-corrected chi connectivity index (χ1v) is 7.01. The topological polar surface area (TPSA) is 26.0 Å². The molecule has 4 heteroatoms. The Balaban J connectivity index is 2.23. The molecule has 0 spiro atoms. The summed E-state index contributed by atoms with van der Waals surface area (Å²) >= 11 is 2.26. The number of hydrogen-bond acceptors (Lipinski definition) is 1. The fraction of sp³-hybridized carbons (Fsp3) is 0.200. The number of hydrogen-bond donors (Lipinski definition) is 1. The first-order chi connectivity index (χ1) is 8.99. The van der Waals surface area contributed by atoms with Crippen LogP contribution < -0.4 is 5.73 Å². The molecule has 2 aromatic rings. The van der Waals surface area contributed by atoms with Gasteiger partial charge in [-0.05, 0) is 64.8 Å². The van der Waals surface area contributed by atoms with Crippen LogP contribution in [0.15, 0.2) is 36.4 Å². The van der Waals surface area contributed by atoms with E-state index in [4.69, 9.17) is 5.73 Å². The van der Waals surface area contributed by atoms with Crippen LogP contribution in [0.1, 0.15) is 22.7 Å². The molecule has 2 aromatic carbocycles. The lowest BCUT2D eigenvalue weighted by atomic mass is 9.98. The van der Waals surface area contributed by atoms with Gasteiger partial charge in [-0.1, -0.05) is 24.3 Å². The molecule has 0 saturated carbocycles. The maximum absolute atomic E-state index is 13.2. The third kappa shape index (κ3) is 3.30. The van der Waals surface area contributed by atoms with E-state index in [1.54, 1.807) is 6.07 Å². The Morgan fingerprint density at radius 2 is 1.89 bits per heavy atom. The van der Waals surface area contributed by atoms with Gasteiger partial charge < -0.3 is 5.73 Å². The van der Waals surface area contributed by atoms with Crippen LogP contribution in [0.2, 0.25) is 0 Å². The minimum absolute atomic E-state index is 0.225. The van der Waals surface area contributed by atoms with Crippen molar-refractivity contribution in [2.45, 2.75) is 19.4 Å². The van der Waals surface area contributed by atoms with E-state index in [1.807, 2.05) is 25.1 Å². The van der Waals surface area contributed by atoms with Gasteiger partial charge in [-0.3, -0.25) is 0 Å². The largest absolute Gasteiger partial charge is 0.324 e. The van der Waals surface area contributed by atoms with Crippen LogP contribution in [0.3, 0.4) is 0 Å². The standard InChI is InChI=1S/C15H14F2IN/c1-9-3-2-4-11(15(9)18)14(19)8-10-5-6-12(16)13(17)7-10/h2-7,14H,8,19H2,1H3. The SMILES string of the molecule is Cc1cccc(C(N)Cc2ccc(F)c(F)c2)c1I. The van der Waals surface area contributed by atoms with Crippen molar-refractivity contribution < 1.29 is 8.78 Å². The molecule has 0 aliphatic carbocycles. The van der Waals surface area contributed by atoms with E-state index in [9.17, 15) is 8.78 Å². The van der Waals surface area contributed by atoms with Gasteiger partial charge in [0, 0.05) is 9.61 Å². The third-order valence-electron chi connectivity index (χ3n) is 3.06. The highest BCUT2D eigenvalue weighted by Gasteiger charge is 2.13. The molecule has 100 valence electrons. The molecular formula is C15H14F2IN. The summed E-state index contributed by atoms with van der Waals surface area (Å²) in [6.45, 7) is 2.02. The maximum Gasteiger partial charge on any atom is 0.159 e. The molecule has 0 aromatic heterocycles. The molecule has 2 rings (SSSR count). The minimum atomic E-state index is -0.831. The van der Waals surface area contributed by atoms with E-state index in [2.05, 4.69) is 22.6 Å². The van der Waals surface area contributed by atoms with Gasteiger partial charge in [-0.2, -0.15) is 0 Å². The molecule has 1 unspecified atom stereocenters. The molecule has 0 aliphatic rings. The average molecular weight is 373 g/mol. The Hall–Kier alpha value is -1.01. The van der Waals surface area contributed by atoms with Crippen LogP contribution >= 0.6 is 22.6 Å². The molecule has 0 bridgehead atoms. The van der Waals surface area contributed by atoms with Gasteiger partial charge >= 0.3 is 0 Å². The smallest absolute Gasteiger partial charge is 0.159 e. The Morgan fingerprint density at radius 3 is 2.58 bits per heavy atom. The van der Waals surface area contributed by atoms with E-state index in [-0.39, 0.29) is 6.04 Å². The molecule has 1 atom stereocenters. The number of rotatable bonds is 3. The molecule has 1 nitrogen and oxygen atoms in total. The second-order valence-corrected chi connectivity index (χ2v) is 5.62. The zero-order chi connectivity index (χ0) is 14.0. The molecule has 2 N–H and O–H groups in total. The molecule has 0 heterocycles. The fourth-order valence-corrected chi connectivity index (χ4v) is 2.75. The Labute approximate surface area is 125 Å². The van der Waals surface area contributed by atoms with E-state index >= 15 is 0 Å². The van der Waals surface area contributed by atoms with Gasteiger partial charge in [0.05, 0.1) is 0 Å². The van der Waals surface area contributed by atoms with E-state index in [0.29, 0.717) is 12.0 Å². The maximum atomic E-state index is 13.2. The second kappa shape index (κ2) is 5.96. The monoisotopic (exact) mass is 373 g/mol. The number of aryl methyl sites for hydroxylation is 1. The molecular weight excluding hydrogens is 359 g/mol. The lowest BCUT2D eigenvalue weighted by molar-refractivity contribution is 0.506. The van der Waals surface area contributed by atoms with E-state index < -0.39 is 11.6 Å². The second-order valence-electron chi connectivity index (χ2n) is 4.54. The lowest BCUT2D eigenvalue weighted by Crippen LogP contribution is -2.15. The zero-order valence-corrected chi connectivity index (χ0v) is 12.6. The molecule has 0 amide bonds. The van der Waals surface area contributed by atoms with E-state index in [0.717, 1.165) is 15.2 Å². The van der Waals surface area contributed by atoms with Gasteiger partial charge in [0.25, 0.3) is 0 Å². The first-order valence-electron chi connectivity index (χ1n) is 5.93. The molecule has 19 heavy (non-hydrogen) atoms. The van der Waals surface area contributed by atoms with Crippen LogP contribution in [0, 0.1) is 22.1 Å². The van der Waals surface area contributed by atoms with Gasteiger partial charge in [-0.25, -0.2) is 8.78 Å². The van der Waals surface area contributed by atoms with Crippen molar-refractivity contribution >= 4 is 22.6 Å². The van der Waals surface area contributed by atoms with Gasteiger partial charge in [0.1, 0.15) is 0 Å². The third-order valence-corrected chi connectivity index (χ3v) is 4.53. The van der Waals surface area contributed by atoms with Crippen LogP contribution in [-0.4, -0.2) is 0 Å². The highest BCUT2D eigenvalue weighted by Crippen LogP contribution is 2.24. The molecule has 0 radical (unpaired) electrons. The van der Waals surface area contributed by atoms with Crippen molar-refractivity contribution in [3.05, 3.63) is 68.3 Å². The summed E-state index contributed by atoms with van der Waals surface area (Å²) in [5.74, 6) is -1.66. The predicted octanol–water partition coefficient (Wildman–Crippen LogP) is 4.12.